The molecule has 0 radical (unpaired) electrons. The molecule has 0 fully saturated rings. The van der Waals surface area contributed by atoms with Crippen LogP contribution in [0.2, 0.25) is 0 Å². The average Bonchev–Trinajstić information content (AvgIpc) is 3.23. The number of halogens is 1. The van der Waals surface area contributed by atoms with E-state index >= 15 is 0 Å². The van der Waals surface area contributed by atoms with Crippen molar-refractivity contribution in [2.75, 3.05) is 10.0 Å². The minimum atomic E-state index is -3.82. The highest BCUT2D eigenvalue weighted by Crippen LogP contribution is 2.27. The minimum Gasteiger partial charge on any atom is -0.298 e. The molecule has 31 heavy (non-hydrogen) atoms. The number of aromatic nitrogens is 1. The number of anilines is 2. The topological polar surface area (TPSA) is 88.2 Å². The predicted octanol–water partition coefficient (Wildman–Crippen LogP) is 5.47. The van der Waals surface area contributed by atoms with Crippen LogP contribution in [0.5, 0.6) is 0 Å². The van der Waals surface area contributed by atoms with Crippen LogP contribution in [0.25, 0.3) is 11.3 Å². The Kier molecular flexibility index (Phi) is 6.35. The van der Waals surface area contributed by atoms with Gasteiger partial charge in [-0.3, -0.25) is 14.8 Å². The SMILES string of the molecule is O=C(Nc1nc(-c2ccc(I)cc2)cs1)c1ccccc1NS(=O)(=O)c1ccccc1. The monoisotopic (exact) mass is 561 g/mol. The van der Waals surface area contributed by atoms with E-state index in [1.165, 1.54) is 23.5 Å². The lowest BCUT2D eigenvalue weighted by molar-refractivity contribution is 0.102. The van der Waals surface area contributed by atoms with Gasteiger partial charge in [-0.1, -0.05) is 42.5 Å². The summed E-state index contributed by atoms with van der Waals surface area (Å²) in [5.41, 5.74) is 2.11. The number of carbonyl (C=O) groups is 1. The second-order valence-corrected chi connectivity index (χ2v) is 10.2. The number of carbonyl (C=O) groups excluding carboxylic acids is 1. The van der Waals surface area contributed by atoms with Gasteiger partial charge >= 0.3 is 0 Å². The number of thiazole rings is 1. The van der Waals surface area contributed by atoms with Gasteiger partial charge in [0, 0.05) is 14.5 Å². The highest BCUT2D eigenvalue weighted by molar-refractivity contribution is 14.1. The molecule has 0 aliphatic rings. The van der Waals surface area contributed by atoms with Gasteiger partial charge < -0.3 is 0 Å². The van der Waals surface area contributed by atoms with Crippen molar-refractivity contribution in [1.29, 1.82) is 0 Å². The second-order valence-electron chi connectivity index (χ2n) is 6.46. The van der Waals surface area contributed by atoms with Gasteiger partial charge in [-0.15, -0.1) is 11.3 Å². The van der Waals surface area contributed by atoms with Crippen molar-refractivity contribution in [2.45, 2.75) is 4.90 Å². The number of sulfonamides is 1. The van der Waals surface area contributed by atoms with Crippen molar-refractivity contribution >= 4 is 60.7 Å². The van der Waals surface area contributed by atoms with E-state index < -0.39 is 15.9 Å². The summed E-state index contributed by atoms with van der Waals surface area (Å²) in [6.45, 7) is 0. The molecule has 0 bridgehead atoms. The number of hydrogen-bond donors (Lipinski definition) is 2. The highest BCUT2D eigenvalue weighted by atomic mass is 127. The van der Waals surface area contributed by atoms with Gasteiger partial charge in [0.05, 0.1) is 21.8 Å². The van der Waals surface area contributed by atoms with E-state index in [-0.39, 0.29) is 16.1 Å². The summed E-state index contributed by atoms with van der Waals surface area (Å²) in [6, 6.07) is 22.4. The molecule has 156 valence electrons. The molecule has 1 amide bonds. The Labute approximate surface area is 197 Å². The molecule has 0 saturated heterocycles. The van der Waals surface area contributed by atoms with E-state index in [1.807, 2.05) is 29.6 Å². The molecule has 2 N–H and O–H groups in total. The fourth-order valence-corrected chi connectivity index (χ4v) is 5.00. The van der Waals surface area contributed by atoms with Crippen LogP contribution in [0.1, 0.15) is 10.4 Å². The van der Waals surface area contributed by atoms with E-state index in [9.17, 15) is 13.2 Å². The van der Waals surface area contributed by atoms with Crippen molar-refractivity contribution in [3.8, 4) is 11.3 Å². The maximum atomic E-state index is 12.9. The molecule has 0 saturated carbocycles. The first-order valence-electron chi connectivity index (χ1n) is 9.12. The zero-order valence-corrected chi connectivity index (χ0v) is 19.7. The molecular weight excluding hydrogens is 545 g/mol. The van der Waals surface area contributed by atoms with Gasteiger partial charge in [0.25, 0.3) is 15.9 Å². The summed E-state index contributed by atoms with van der Waals surface area (Å²) < 4.78 is 29.0. The van der Waals surface area contributed by atoms with Crippen LogP contribution < -0.4 is 10.0 Å². The summed E-state index contributed by atoms with van der Waals surface area (Å²) in [4.78, 5) is 17.5. The lowest BCUT2D eigenvalue weighted by Crippen LogP contribution is -2.18. The lowest BCUT2D eigenvalue weighted by Gasteiger charge is -2.12. The number of amides is 1. The summed E-state index contributed by atoms with van der Waals surface area (Å²) >= 11 is 3.54. The van der Waals surface area contributed by atoms with Crippen molar-refractivity contribution in [3.63, 3.8) is 0 Å². The Bertz CT molecular complexity index is 1320. The molecule has 3 aromatic carbocycles. The van der Waals surface area contributed by atoms with Crippen LogP contribution in [0.3, 0.4) is 0 Å². The van der Waals surface area contributed by atoms with Crippen LogP contribution in [0, 0.1) is 3.57 Å². The Morgan fingerprint density at radius 3 is 2.32 bits per heavy atom. The highest BCUT2D eigenvalue weighted by Gasteiger charge is 2.19. The summed E-state index contributed by atoms with van der Waals surface area (Å²) in [7, 11) is -3.82. The molecule has 0 aliphatic carbocycles. The Morgan fingerprint density at radius 2 is 1.58 bits per heavy atom. The number of rotatable bonds is 6. The predicted molar refractivity (Wildman–Crippen MR) is 132 cm³/mol. The largest absolute Gasteiger partial charge is 0.298 e. The third-order valence-corrected chi connectivity index (χ3v) is 7.19. The fraction of sp³-hybridized carbons (Fsp3) is 0. The van der Waals surface area contributed by atoms with E-state index in [0.29, 0.717) is 5.13 Å². The van der Waals surface area contributed by atoms with E-state index in [1.54, 1.807) is 42.5 Å². The minimum absolute atomic E-state index is 0.118. The molecule has 0 atom stereocenters. The van der Waals surface area contributed by atoms with Crippen LogP contribution in [-0.4, -0.2) is 19.3 Å². The molecule has 1 heterocycles. The van der Waals surface area contributed by atoms with E-state index in [4.69, 9.17) is 0 Å². The normalized spacial score (nSPS) is 11.1. The molecule has 4 aromatic rings. The number of para-hydroxylation sites is 1. The second kappa shape index (κ2) is 9.16. The van der Waals surface area contributed by atoms with Gasteiger partial charge in [-0.05, 0) is 59.0 Å². The maximum Gasteiger partial charge on any atom is 0.261 e. The molecule has 0 unspecified atom stereocenters. The van der Waals surface area contributed by atoms with Gasteiger partial charge in [-0.2, -0.15) is 0 Å². The van der Waals surface area contributed by atoms with Crippen LogP contribution in [-0.2, 0) is 10.0 Å². The first-order valence-corrected chi connectivity index (χ1v) is 12.6. The van der Waals surface area contributed by atoms with Crippen molar-refractivity contribution in [1.82, 2.24) is 4.98 Å². The third-order valence-electron chi connectivity index (χ3n) is 4.33. The van der Waals surface area contributed by atoms with Gasteiger partial charge in [0.2, 0.25) is 0 Å². The Hall–Kier alpha value is -2.76. The molecule has 0 aliphatic heterocycles. The fourth-order valence-electron chi connectivity index (χ4n) is 2.82. The van der Waals surface area contributed by atoms with Crippen LogP contribution >= 0.6 is 33.9 Å². The zero-order valence-electron chi connectivity index (χ0n) is 15.9. The molecular formula is C22H16IN3O3S2. The van der Waals surface area contributed by atoms with Gasteiger partial charge in [-0.25, -0.2) is 13.4 Å². The summed E-state index contributed by atoms with van der Waals surface area (Å²) in [6.07, 6.45) is 0. The first kappa shape index (κ1) is 21.5. The number of nitrogens with zero attached hydrogens (tertiary/aromatic N) is 1. The number of benzene rings is 3. The lowest BCUT2D eigenvalue weighted by atomic mass is 10.2. The molecule has 1 aromatic heterocycles. The van der Waals surface area contributed by atoms with E-state index in [0.717, 1.165) is 14.8 Å². The van der Waals surface area contributed by atoms with Crippen molar-refractivity contribution in [3.05, 3.63) is 93.4 Å². The number of hydrogen-bond acceptors (Lipinski definition) is 5. The van der Waals surface area contributed by atoms with Gasteiger partial charge in [0.1, 0.15) is 0 Å². The Balaban J connectivity index is 1.54. The molecule has 0 spiro atoms. The number of nitrogens with one attached hydrogen (secondary N) is 2. The van der Waals surface area contributed by atoms with E-state index in [2.05, 4.69) is 37.6 Å². The molecule has 9 heteroatoms. The smallest absolute Gasteiger partial charge is 0.261 e. The van der Waals surface area contributed by atoms with Crippen LogP contribution in [0.4, 0.5) is 10.8 Å². The van der Waals surface area contributed by atoms with Crippen molar-refractivity contribution < 1.29 is 13.2 Å². The Morgan fingerprint density at radius 1 is 0.903 bits per heavy atom. The quantitative estimate of drug-likeness (QED) is 0.306. The molecule has 4 rings (SSSR count). The van der Waals surface area contributed by atoms with Crippen molar-refractivity contribution in [2.24, 2.45) is 0 Å². The standard InChI is InChI=1S/C22H16IN3O3S2/c23-16-12-10-15(11-13-16)20-14-30-22(24-20)25-21(27)18-8-4-5-9-19(18)26-31(28,29)17-6-2-1-3-7-17/h1-14,26H,(H,24,25,27). The summed E-state index contributed by atoms with van der Waals surface area (Å²) in [5, 5.41) is 5.05. The summed E-state index contributed by atoms with van der Waals surface area (Å²) in [5.74, 6) is -0.449. The first-order chi connectivity index (χ1) is 14.9. The molecule has 6 nitrogen and oxygen atoms in total. The van der Waals surface area contributed by atoms with Gasteiger partial charge in [0.15, 0.2) is 5.13 Å². The van der Waals surface area contributed by atoms with Crippen LogP contribution in [0.15, 0.2) is 89.1 Å². The average molecular weight is 561 g/mol. The third kappa shape index (κ3) is 5.12. The zero-order chi connectivity index (χ0) is 21.8. The maximum absolute atomic E-state index is 12.9.